The van der Waals surface area contributed by atoms with Crippen LogP contribution in [0, 0.1) is 12.8 Å². The van der Waals surface area contributed by atoms with Crippen molar-refractivity contribution in [2.45, 2.75) is 52.9 Å². The summed E-state index contributed by atoms with van der Waals surface area (Å²) in [4.78, 5) is 38.6. The lowest BCUT2D eigenvalue weighted by molar-refractivity contribution is 0.101. The summed E-state index contributed by atoms with van der Waals surface area (Å²) < 4.78 is 11.8. The first-order valence-electron chi connectivity index (χ1n) is 15.0. The number of hydrogen-bond donors (Lipinski definition) is 4. The van der Waals surface area contributed by atoms with Gasteiger partial charge in [0.1, 0.15) is 22.5 Å². The number of nitrogens with one attached hydrogen (secondary N) is 3. The Labute approximate surface area is 259 Å². The number of aromatic nitrogens is 7. The number of carbonyl (C=O) groups is 2. The molecule has 6 rings (SSSR count). The predicted octanol–water partition coefficient (Wildman–Crippen LogP) is 3.42. The fourth-order valence-electron chi connectivity index (χ4n) is 5.33. The number of hydrogen-bond acceptors (Lipinski definition) is 10. The molecule has 1 aliphatic rings. The quantitative estimate of drug-likeness (QED) is 0.0631. The molecule has 0 aliphatic heterocycles. The first-order chi connectivity index (χ1) is 21.9. The third kappa shape index (κ3) is 6.28. The van der Waals surface area contributed by atoms with E-state index in [0.717, 1.165) is 34.3 Å². The molecular weight excluding hydrogens is 574 g/mol. The second-order valence-electron chi connectivity index (χ2n) is 11.1. The van der Waals surface area contributed by atoms with Crippen LogP contribution in [0.25, 0.3) is 22.2 Å². The number of carbonyl (C=O) groups excluding carboxylic acids is 2. The highest BCUT2D eigenvalue weighted by atomic mass is 16.5. The number of ether oxygens (including phenoxy) is 1. The molecule has 0 unspecified atom stereocenters. The molecule has 0 radical (unpaired) electrons. The Morgan fingerprint density at radius 3 is 2.58 bits per heavy atom. The summed E-state index contributed by atoms with van der Waals surface area (Å²) in [6.07, 6.45) is 8.60. The van der Waals surface area contributed by atoms with Gasteiger partial charge >= 0.3 is 0 Å². The lowest BCUT2D eigenvalue weighted by atomic mass is 10.2. The average molecular weight is 612 g/mol. The van der Waals surface area contributed by atoms with E-state index < -0.39 is 0 Å². The number of aldehydes is 1. The molecule has 14 heteroatoms. The number of amides is 1. The molecule has 4 heterocycles. The summed E-state index contributed by atoms with van der Waals surface area (Å²) in [5, 5.41) is 10.5. The third-order valence-electron chi connectivity index (χ3n) is 7.71. The van der Waals surface area contributed by atoms with Gasteiger partial charge in [0.25, 0.3) is 5.91 Å². The molecular formula is C31H37N11O3. The molecule has 0 atom stereocenters. The number of benzene rings is 1. The summed E-state index contributed by atoms with van der Waals surface area (Å²) in [7, 11) is 1.84. The Morgan fingerprint density at radius 1 is 1.09 bits per heavy atom. The zero-order valence-corrected chi connectivity index (χ0v) is 25.6. The summed E-state index contributed by atoms with van der Waals surface area (Å²) >= 11 is 0. The highest BCUT2D eigenvalue weighted by Gasteiger charge is 2.24. The van der Waals surface area contributed by atoms with Crippen LogP contribution >= 0.6 is 0 Å². The van der Waals surface area contributed by atoms with Gasteiger partial charge in [-0.05, 0) is 62.4 Å². The third-order valence-corrected chi connectivity index (χ3v) is 7.71. The van der Waals surface area contributed by atoms with Gasteiger partial charge in [-0.3, -0.25) is 35.4 Å². The number of fused-ring (bicyclic) bond motifs is 2. The number of anilines is 2. The largest absolute Gasteiger partial charge is 0.491 e. The molecule has 234 valence electrons. The van der Waals surface area contributed by atoms with Crippen LogP contribution in [0.2, 0.25) is 0 Å². The molecule has 1 aliphatic carbocycles. The highest BCUT2D eigenvalue weighted by Crippen LogP contribution is 2.34. The number of hydrazine groups is 1. The number of allylic oxidation sites excluding steroid dienone is 2. The lowest BCUT2D eigenvalue weighted by Crippen LogP contribution is -2.20. The Hall–Kier alpha value is -5.08. The van der Waals surface area contributed by atoms with Crippen LogP contribution < -0.4 is 26.6 Å². The Kier molecular flexibility index (Phi) is 8.58. The van der Waals surface area contributed by atoms with E-state index in [2.05, 4.69) is 35.7 Å². The van der Waals surface area contributed by atoms with Gasteiger partial charge in [0, 0.05) is 45.0 Å². The van der Waals surface area contributed by atoms with Crippen molar-refractivity contribution in [1.29, 1.82) is 0 Å². The molecule has 45 heavy (non-hydrogen) atoms. The van der Waals surface area contributed by atoms with Crippen molar-refractivity contribution in [2.24, 2.45) is 11.8 Å². The van der Waals surface area contributed by atoms with E-state index in [1.807, 2.05) is 45.2 Å². The van der Waals surface area contributed by atoms with E-state index in [1.54, 1.807) is 21.4 Å². The topological polar surface area (TPSA) is 172 Å². The van der Waals surface area contributed by atoms with E-state index in [9.17, 15) is 9.59 Å². The van der Waals surface area contributed by atoms with Gasteiger partial charge in [0.05, 0.1) is 17.8 Å². The SMILES string of the molecule is CCn1nc(C)cc1C(=O)Nc1nc2cc(C=O)cnc2n1C/C=C/Cn1c(NC)nc2cc(CNN)cc(OCC3CC3)c21. The molecule has 0 spiro atoms. The van der Waals surface area contributed by atoms with Crippen molar-refractivity contribution >= 4 is 46.3 Å². The fourth-order valence-corrected chi connectivity index (χ4v) is 5.33. The molecule has 1 fully saturated rings. The number of rotatable bonds is 14. The van der Waals surface area contributed by atoms with Crippen LogP contribution in [0.1, 0.15) is 51.9 Å². The number of imidazole rings is 2. The van der Waals surface area contributed by atoms with Crippen molar-refractivity contribution in [1.82, 2.24) is 39.3 Å². The molecule has 5 aromatic rings. The zero-order chi connectivity index (χ0) is 31.5. The van der Waals surface area contributed by atoms with Gasteiger partial charge in [-0.1, -0.05) is 12.2 Å². The summed E-state index contributed by atoms with van der Waals surface area (Å²) in [6.45, 7) is 6.36. The van der Waals surface area contributed by atoms with Gasteiger partial charge in [-0.25, -0.2) is 15.0 Å². The van der Waals surface area contributed by atoms with Gasteiger partial charge in [-0.15, -0.1) is 0 Å². The molecule has 0 bridgehead atoms. The van der Waals surface area contributed by atoms with Gasteiger partial charge in [0.15, 0.2) is 11.9 Å². The van der Waals surface area contributed by atoms with Crippen molar-refractivity contribution in [3.05, 3.63) is 65.1 Å². The second kappa shape index (κ2) is 12.9. The van der Waals surface area contributed by atoms with Gasteiger partial charge < -0.3 is 14.6 Å². The van der Waals surface area contributed by atoms with E-state index in [4.69, 9.17) is 15.6 Å². The molecule has 1 amide bonds. The Bertz CT molecular complexity index is 1900. The number of nitrogens with zero attached hydrogens (tertiary/aromatic N) is 7. The van der Waals surface area contributed by atoms with Crippen LogP contribution in [-0.4, -0.2) is 59.7 Å². The van der Waals surface area contributed by atoms with E-state index in [-0.39, 0.29) is 5.91 Å². The molecule has 1 aromatic carbocycles. The molecule has 4 aromatic heterocycles. The predicted molar refractivity (Wildman–Crippen MR) is 171 cm³/mol. The molecule has 1 saturated carbocycles. The Morgan fingerprint density at radius 2 is 1.87 bits per heavy atom. The summed E-state index contributed by atoms with van der Waals surface area (Å²) in [5.74, 6) is 7.66. The van der Waals surface area contributed by atoms with E-state index in [1.165, 1.54) is 19.0 Å². The lowest BCUT2D eigenvalue weighted by Gasteiger charge is -2.12. The van der Waals surface area contributed by atoms with Gasteiger partial charge in [0.2, 0.25) is 11.9 Å². The standard InChI is InChI=1S/C31H37N11O3/c1-4-42-25(11-19(2)39-42)29(44)38-31-37-24-13-22(17-43)15-34-28(24)41(31)10-6-5-9-40-27-23(36-30(40)33-3)12-21(16-35-32)14-26(27)45-18-20-7-8-20/h5-6,11-15,17,20,35H,4,7-10,16,18,32H2,1-3H3,(H,33,36)(H,37,38,44)/b6-5+. The zero-order valence-electron chi connectivity index (χ0n) is 25.6. The number of nitrogens with two attached hydrogens (primary N) is 1. The summed E-state index contributed by atoms with van der Waals surface area (Å²) in [5.41, 5.74) is 8.04. The van der Waals surface area contributed by atoms with Crippen molar-refractivity contribution in [3.8, 4) is 5.75 Å². The van der Waals surface area contributed by atoms with Crippen LogP contribution in [0.15, 0.2) is 42.6 Å². The van der Waals surface area contributed by atoms with Crippen LogP contribution in [-0.2, 0) is 26.2 Å². The number of aryl methyl sites for hydroxylation is 2. The van der Waals surface area contributed by atoms with Crippen LogP contribution in [0.3, 0.4) is 0 Å². The van der Waals surface area contributed by atoms with Crippen molar-refractivity contribution in [3.63, 3.8) is 0 Å². The minimum Gasteiger partial charge on any atom is -0.491 e. The summed E-state index contributed by atoms with van der Waals surface area (Å²) in [6, 6.07) is 7.42. The van der Waals surface area contributed by atoms with Crippen molar-refractivity contribution in [2.75, 3.05) is 24.3 Å². The average Bonchev–Trinajstić information content (AvgIpc) is 3.56. The maximum absolute atomic E-state index is 13.3. The fraction of sp³-hybridized carbons (Fsp3) is 0.355. The van der Waals surface area contributed by atoms with E-state index in [0.29, 0.717) is 73.0 Å². The minimum absolute atomic E-state index is 0.317. The second-order valence-corrected chi connectivity index (χ2v) is 11.1. The normalized spacial score (nSPS) is 13.2. The molecule has 14 nitrogen and oxygen atoms in total. The van der Waals surface area contributed by atoms with E-state index >= 15 is 0 Å². The smallest absolute Gasteiger partial charge is 0.276 e. The van der Waals surface area contributed by atoms with Gasteiger partial charge in [-0.2, -0.15) is 5.10 Å². The monoisotopic (exact) mass is 611 g/mol. The Balaban J connectivity index is 1.29. The first-order valence-corrected chi connectivity index (χ1v) is 15.0. The first kappa shape index (κ1) is 30.0. The minimum atomic E-state index is -0.333. The van der Waals surface area contributed by atoms with Crippen LogP contribution in [0.4, 0.5) is 11.9 Å². The highest BCUT2D eigenvalue weighted by molar-refractivity contribution is 6.03. The molecule has 0 saturated heterocycles. The van der Waals surface area contributed by atoms with Crippen molar-refractivity contribution < 1.29 is 14.3 Å². The maximum atomic E-state index is 13.3. The van der Waals surface area contributed by atoms with Crippen LogP contribution in [0.5, 0.6) is 5.75 Å². The molecule has 5 N–H and O–H groups in total. The number of pyridine rings is 1. The maximum Gasteiger partial charge on any atom is 0.276 e.